The van der Waals surface area contributed by atoms with Crippen molar-refractivity contribution in [3.8, 4) is 0 Å². The van der Waals surface area contributed by atoms with Crippen LogP contribution in [0, 0.1) is 12.8 Å². The van der Waals surface area contributed by atoms with Gasteiger partial charge in [0.1, 0.15) is 17.1 Å². The van der Waals surface area contributed by atoms with E-state index >= 15 is 0 Å². The van der Waals surface area contributed by atoms with E-state index in [9.17, 15) is 4.79 Å². The summed E-state index contributed by atoms with van der Waals surface area (Å²) in [6, 6.07) is 1.66. The molecule has 1 fully saturated rings. The summed E-state index contributed by atoms with van der Waals surface area (Å²) >= 11 is 0. The molecule has 0 aliphatic carbocycles. The van der Waals surface area contributed by atoms with Gasteiger partial charge < -0.3 is 9.52 Å². The topological polar surface area (TPSA) is 53.7 Å². The van der Waals surface area contributed by atoms with E-state index in [-0.39, 0.29) is 5.56 Å². The first kappa shape index (κ1) is 13.1. The summed E-state index contributed by atoms with van der Waals surface area (Å²) < 4.78 is 5.51. The van der Waals surface area contributed by atoms with E-state index in [1.807, 2.05) is 0 Å². The lowest BCUT2D eigenvalue weighted by Gasteiger charge is -2.30. The molecular formula is C14H21NO3. The van der Waals surface area contributed by atoms with E-state index in [1.165, 1.54) is 19.3 Å². The monoisotopic (exact) mass is 251 g/mol. The van der Waals surface area contributed by atoms with Crippen LogP contribution in [0.2, 0.25) is 0 Å². The zero-order valence-electron chi connectivity index (χ0n) is 11.1. The summed E-state index contributed by atoms with van der Waals surface area (Å²) in [5.74, 6) is 1.21. The average Bonchev–Trinajstić information content (AvgIpc) is 2.71. The third kappa shape index (κ3) is 2.93. The molecule has 0 amide bonds. The molecule has 0 radical (unpaired) electrons. The smallest absolute Gasteiger partial charge is 0.339 e. The molecular weight excluding hydrogens is 230 g/mol. The fourth-order valence-corrected chi connectivity index (χ4v) is 2.61. The summed E-state index contributed by atoms with van der Waals surface area (Å²) in [7, 11) is 0. The number of hydrogen-bond acceptors (Lipinski definition) is 3. The molecule has 100 valence electrons. The first-order chi connectivity index (χ1) is 8.60. The van der Waals surface area contributed by atoms with E-state index in [4.69, 9.17) is 9.52 Å². The van der Waals surface area contributed by atoms with Crippen molar-refractivity contribution in [1.29, 1.82) is 0 Å². The van der Waals surface area contributed by atoms with Gasteiger partial charge in [-0.05, 0) is 44.8 Å². The van der Waals surface area contributed by atoms with Crippen molar-refractivity contribution in [2.45, 2.75) is 39.7 Å². The van der Waals surface area contributed by atoms with Crippen LogP contribution in [0.25, 0.3) is 0 Å². The van der Waals surface area contributed by atoms with Crippen molar-refractivity contribution in [3.63, 3.8) is 0 Å². The van der Waals surface area contributed by atoms with Gasteiger partial charge in [0, 0.05) is 0 Å². The van der Waals surface area contributed by atoms with Gasteiger partial charge in [0.2, 0.25) is 0 Å². The molecule has 1 aliphatic rings. The lowest BCUT2D eigenvalue weighted by Crippen LogP contribution is -2.32. The van der Waals surface area contributed by atoms with Crippen molar-refractivity contribution >= 4 is 5.97 Å². The highest BCUT2D eigenvalue weighted by Crippen LogP contribution is 2.23. The van der Waals surface area contributed by atoms with Crippen LogP contribution in [0.1, 0.15) is 48.1 Å². The molecule has 1 saturated heterocycles. The van der Waals surface area contributed by atoms with Gasteiger partial charge in [-0.3, -0.25) is 4.90 Å². The van der Waals surface area contributed by atoms with Gasteiger partial charge in [-0.1, -0.05) is 13.3 Å². The number of furan rings is 1. The number of hydrogen-bond donors (Lipinski definition) is 1. The number of carboxylic acids is 1. The fraction of sp³-hybridized carbons (Fsp3) is 0.643. The Kier molecular flexibility index (Phi) is 4.07. The van der Waals surface area contributed by atoms with Gasteiger partial charge >= 0.3 is 5.97 Å². The van der Waals surface area contributed by atoms with Crippen LogP contribution in [0.3, 0.4) is 0 Å². The molecule has 18 heavy (non-hydrogen) atoms. The average molecular weight is 251 g/mol. The second kappa shape index (κ2) is 5.57. The molecule has 0 spiro atoms. The lowest BCUT2D eigenvalue weighted by atomic mass is 9.94. The highest BCUT2D eigenvalue weighted by Gasteiger charge is 2.20. The van der Waals surface area contributed by atoms with Crippen molar-refractivity contribution < 1.29 is 14.3 Å². The molecule has 4 nitrogen and oxygen atoms in total. The molecule has 0 aromatic carbocycles. The molecule has 1 aromatic rings. The van der Waals surface area contributed by atoms with Crippen LogP contribution in [-0.2, 0) is 6.54 Å². The van der Waals surface area contributed by atoms with Crippen molar-refractivity contribution in [1.82, 2.24) is 4.90 Å². The van der Waals surface area contributed by atoms with Gasteiger partial charge in [-0.25, -0.2) is 4.79 Å². The van der Waals surface area contributed by atoms with Crippen molar-refractivity contribution in [3.05, 3.63) is 23.2 Å². The van der Waals surface area contributed by atoms with Gasteiger partial charge in [-0.15, -0.1) is 0 Å². The summed E-state index contributed by atoms with van der Waals surface area (Å²) in [6.45, 7) is 6.84. The summed E-state index contributed by atoms with van der Waals surface area (Å²) in [6.07, 6.45) is 3.74. The SMILES string of the molecule is CCC1CCN(Cc2cc(C(=O)O)c(C)o2)CC1. The zero-order valence-corrected chi connectivity index (χ0v) is 11.1. The molecule has 0 unspecified atom stereocenters. The number of aryl methyl sites for hydroxylation is 1. The molecule has 4 heteroatoms. The van der Waals surface area contributed by atoms with Gasteiger partial charge in [0.05, 0.1) is 6.54 Å². The number of nitrogens with zero attached hydrogens (tertiary/aromatic N) is 1. The fourth-order valence-electron chi connectivity index (χ4n) is 2.61. The molecule has 1 N–H and O–H groups in total. The Morgan fingerprint density at radius 1 is 1.50 bits per heavy atom. The van der Waals surface area contributed by atoms with Crippen molar-refractivity contribution in [2.75, 3.05) is 13.1 Å². The number of rotatable bonds is 4. The lowest BCUT2D eigenvalue weighted by molar-refractivity contribution is 0.0695. The number of aromatic carboxylic acids is 1. The number of likely N-dealkylation sites (tertiary alicyclic amines) is 1. The Balaban J connectivity index is 1.94. The maximum atomic E-state index is 10.9. The molecule has 2 rings (SSSR count). The molecule has 0 atom stereocenters. The Labute approximate surface area is 108 Å². The molecule has 2 heterocycles. The summed E-state index contributed by atoms with van der Waals surface area (Å²) in [5, 5.41) is 8.98. The third-order valence-corrected chi connectivity index (χ3v) is 3.86. The first-order valence-electron chi connectivity index (χ1n) is 6.65. The third-order valence-electron chi connectivity index (χ3n) is 3.86. The first-order valence-corrected chi connectivity index (χ1v) is 6.65. The molecule has 1 aliphatic heterocycles. The van der Waals surface area contributed by atoms with Gasteiger partial charge in [-0.2, -0.15) is 0 Å². The quantitative estimate of drug-likeness (QED) is 0.894. The minimum Gasteiger partial charge on any atom is -0.478 e. The Hall–Kier alpha value is -1.29. The minimum atomic E-state index is -0.910. The highest BCUT2D eigenvalue weighted by atomic mass is 16.4. The van der Waals surface area contributed by atoms with E-state index in [0.29, 0.717) is 5.76 Å². The number of piperidine rings is 1. The molecule has 0 saturated carbocycles. The van der Waals surface area contributed by atoms with E-state index in [1.54, 1.807) is 13.0 Å². The maximum absolute atomic E-state index is 10.9. The van der Waals surface area contributed by atoms with Crippen LogP contribution in [0.15, 0.2) is 10.5 Å². The van der Waals surface area contributed by atoms with Crippen LogP contribution < -0.4 is 0 Å². The summed E-state index contributed by atoms with van der Waals surface area (Å²) in [5.41, 5.74) is 0.286. The predicted octanol–water partition coefficient (Wildman–Crippen LogP) is 2.91. The van der Waals surface area contributed by atoms with Gasteiger partial charge in [0.25, 0.3) is 0 Å². The van der Waals surface area contributed by atoms with Crippen LogP contribution in [-0.4, -0.2) is 29.1 Å². The zero-order chi connectivity index (χ0) is 13.1. The van der Waals surface area contributed by atoms with E-state index < -0.39 is 5.97 Å². The van der Waals surface area contributed by atoms with Crippen LogP contribution in [0.4, 0.5) is 0 Å². The van der Waals surface area contributed by atoms with E-state index in [0.717, 1.165) is 31.3 Å². The molecule has 0 bridgehead atoms. The second-order valence-electron chi connectivity index (χ2n) is 5.12. The largest absolute Gasteiger partial charge is 0.478 e. The Bertz CT molecular complexity index is 417. The van der Waals surface area contributed by atoms with Gasteiger partial charge in [0.15, 0.2) is 0 Å². The number of carboxylic acid groups (broad SMARTS) is 1. The van der Waals surface area contributed by atoms with Crippen LogP contribution >= 0.6 is 0 Å². The minimum absolute atomic E-state index is 0.286. The highest BCUT2D eigenvalue weighted by molar-refractivity contribution is 5.88. The summed E-state index contributed by atoms with van der Waals surface area (Å²) in [4.78, 5) is 13.3. The van der Waals surface area contributed by atoms with Crippen LogP contribution in [0.5, 0.6) is 0 Å². The Morgan fingerprint density at radius 3 is 2.67 bits per heavy atom. The van der Waals surface area contributed by atoms with E-state index in [2.05, 4.69) is 11.8 Å². The Morgan fingerprint density at radius 2 is 2.17 bits per heavy atom. The standard InChI is InChI=1S/C14H21NO3/c1-3-11-4-6-15(7-5-11)9-12-8-13(14(16)17)10(2)18-12/h8,11H,3-7,9H2,1-2H3,(H,16,17). The number of carbonyl (C=O) groups is 1. The van der Waals surface area contributed by atoms with Crippen molar-refractivity contribution in [2.24, 2.45) is 5.92 Å². The normalized spacial score (nSPS) is 18.1. The predicted molar refractivity (Wildman–Crippen MR) is 68.7 cm³/mol. The molecule has 1 aromatic heterocycles. The second-order valence-corrected chi connectivity index (χ2v) is 5.12. The maximum Gasteiger partial charge on any atom is 0.339 e.